The minimum Gasteiger partial charge on any atom is -0.467 e. The van der Waals surface area contributed by atoms with Crippen LogP contribution in [-0.2, 0) is 19.1 Å². The normalized spacial score (nSPS) is 17.0. The molecule has 11 heteroatoms. The average molecular weight is 622 g/mol. The van der Waals surface area contributed by atoms with Gasteiger partial charge in [-0.05, 0) is 80.6 Å². The van der Waals surface area contributed by atoms with Gasteiger partial charge in [0.2, 0.25) is 6.10 Å². The number of methoxy groups -OCH3 is 1. The van der Waals surface area contributed by atoms with Gasteiger partial charge in [0.25, 0.3) is 17.7 Å². The van der Waals surface area contributed by atoms with E-state index in [1.165, 1.54) is 42.3 Å². The van der Waals surface area contributed by atoms with Crippen LogP contribution in [0.5, 0.6) is 0 Å². The van der Waals surface area contributed by atoms with E-state index >= 15 is 0 Å². The van der Waals surface area contributed by atoms with Crippen LogP contribution >= 0.6 is 11.6 Å². The average Bonchev–Trinajstić information content (AvgIpc) is 3.50. The molecule has 3 amide bonds. The van der Waals surface area contributed by atoms with Gasteiger partial charge in [-0.2, -0.15) is 0 Å². The van der Waals surface area contributed by atoms with E-state index in [1.807, 2.05) is 19.1 Å². The van der Waals surface area contributed by atoms with Crippen LogP contribution in [0.1, 0.15) is 63.6 Å². The van der Waals surface area contributed by atoms with E-state index in [1.54, 1.807) is 23.1 Å². The highest BCUT2D eigenvalue weighted by atomic mass is 35.5. The molecule has 1 fully saturated rings. The van der Waals surface area contributed by atoms with Gasteiger partial charge in [-0.1, -0.05) is 29.8 Å². The van der Waals surface area contributed by atoms with Crippen molar-refractivity contribution in [3.8, 4) is 0 Å². The van der Waals surface area contributed by atoms with E-state index in [-0.39, 0.29) is 23.0 Å². The number of fused-ring (bicyclic) bond motifs is 1. The zero-order valence-corrected chi connectivity index (χ0v) is 25.2. The molecule has 0 bridgehead atoms. The van der Waals surface area contributed by atoms with Crippen LogP contribution in [0.25, 0.3) is 0 Å². The van der Waals surface area contributed by atoms with Crippen molar-refractivity contribution in [2.24, 2.45) is 0 Å². The minimum atomic E-state index is -1.52. The first kappa shape index (κ1) is 31.2. The van der Waals surface area contributed by atoms with E-state index in [4.69, 9.17) is 21.1 Å². The number of aryl methyl sites for hydroxylation is 1. The molecule has 44 heavy (non-hydrogen) atoms. The van der Waals surface area contributed by atoms with Gasteiger partial charge in [0.05, 0.1) is 23.8 Å². The number of halogens is 2. The van der Waals surface area contributed by atoms with Gasteiger partial charge in [-0.15, -0.1) is 0 Å². The zero-order chi connectivity index (χ0) is 31.4. The summed E-state index contributed by atoms with van der Waals surface area (Å²) in [6, 6.07) is 15.8. The highest BCUT2D eigenvalue weighted by molar-refractivity contribution is 6.35. The lowest BCUT2D eigenvalue weighted by Crippen LogP contribution is -2.44. The highest BCUT2D eigenvalue weighted by Gasteiger charge is 2.38. The number of likely N-dealkylation sites (tertiary alicyclic amines) is 1. The lowest BCUT2D eigenvalue weighted by atomic mass is 10.0. The smallest absolute Gasteiger partial charge is 0.344 e. The maximum Gasteiger partial charge on any atom is 0.344 e. The number of nitrogens with zero attached hydrogens (tertiary/aromatic N) is 2. The number of carbonyl (C=O) groups is 4. The SMILES string of the molecule is COC(=O)C(OC1CCCN(C(=O)c2ccc(NC(=O)c3ccccc3C)cc2Cl)c2ccc(F)cc21)C(=O)N1CCCC1. The lowest BCUT2D eigenvalue weighted by molar-refractivity contribution is -0.169. The summed E-state index contributed by atoms with van der Waals surface area (Å²) in [5.41, 5.74) is 2.65. The summed E-state index contributed by atoms with van der Waals surface area (Å²) >= 11 is 6.57. The van der Waals surface area contributed by atoms with Gasteiger partial charge in [0.1, 0.15) is 5.82 Å². The van der Waals surface area contributed by atoms with Gasteiger partial charge in [0.15, 0.2) is 0 Å². The van der Waals surface area contributed by atoms with Crippen molar-refractivity contribution in [2.45, 2.75) is 44.8 Å². The molecule has 0 radical (unpaired) electrons. The van der Waals surface area contributed by atoms with Crippen molar-refractivity contribution in [2.75, 3.05) is 37.0 Å². The van der Waals surface area contributed by atoms with Crippen molar-refractivity contribution in [1.82, 2.24) is 4.90 Å². The van der Waals surface area contributed by atoms with Crippen LogP contribution in [0.3, 0.4) is 0 Å². The van der Waals surface area contributed by atoms with Crippen LogP contribution in [0.2, 0.25) is 5.02 Å². The van der Waals surface area contributed by atoms with Gasteiger partial charge in [0, 0.05) is 42.1 Å². The van der Waals surface area contributed by atoms with Crippen molar-refractivity contribution in [1.29, 1.82) is 0 Å². The van der Waals surface area contributed by atoms with Gasteiger partial charge < -0.3 is 24.6 Å². The van der Waals surface area contributed by atoms with E-state index in [2.05, 4.69) is 5.32 Å². The van der Waals surface area contributed by atoms with Crippen LogP contribution in [0.15, 0.2) is 60.7 Å². The molecule has 2 aliphatic rings. The Balaban J connectivity index is 1.40. The summed E-state index contributed by atoms with van der Waals surface area (Å²) < 4.78 is 25.6. The molecule has 2 aliphatic heterocycles. The van der Waals surface area contributed by atoms with Crippen molar-refractivity contribution >= 4 is 46.7 Å². The van der Waals surface area contributed by atoms with E-state index < -0.39 is 35.8 Å². The second-order valence-corrected chi connectivity index (χ2v) is 11.2. The molecule has 3 aromatic rings. The Hall–Kier alpha value is -4.28. The highest BCUT2D eigenvalue weighted by Crippen LogP contribution is 2.38. The Morgan fingerprint density at radius 3 is 2.41 bits per heavy atom. The fourth-order valence-electron chi connectivity index (χ4n) is 5.62. The molecule has 230 valence electrons. The molecule has 1 saturated heterocycles. The van der Waals surface area contributed by atoms with Crippen LogP contribution in [0, 0.1) is 12.7 Å². The summed E-state index contributed by atoms with van der Waals surface area (Å²) in [5, 5.41) is 2.93. The molecule has 1 N–H and O–H groups in total. The van der Waals surface area contributed by atoms with Crippen LogP contribution in [0.4, 0.5) is 15.8 Å². The first-order valence-electron chi connectivity index (χ1n) is 14.5. The van der Waals surface area contributed by atoms with Crippen molar-refractivity contribution in [3.05, 3.63) is 93.8 Å². The molecule has 5 rings (SSSR count). The molecule has 0 aromatic heterocycles. The van der Waals surface area contributed by atoms with E-state index in [9.17, 15) is 23.6 Å². The van der Waals surface area contributed by atoms with Crippen LogP contribution < -0.4 is 10.2 Å². The van der Waals surface area contributed by atoms with Gasteiger partial charge in [-0.25, -0.2) is 9.18 Å². The topological polar surface area (TPSA) is 105 Å². The predicted octanol–water partition coefficient (Wildman–Crippen LogP) is 5.70. The molecule has 0 saturated carbocycles. The second-order valence-electron chi connectivity index (χ2n) is 10.8. The predicted molar refractivity (Wildman–Crippen MR) is 163 cm³/mol. The third-order valence-electron chi connectivity index (χ3n) is 7.93. The monoisotopic (exact) mass is 621 g/mol. The third kappa shape index (κ3) is 6.61. The number of hydrogen-bond donors (Lipinski definition) is 1. The Labute approximate surface area is 259 Å². The number of hydrogen-bond acceptors (Lipinski definition) is 6. The Morgan fingerprint density at radius 2 is 1.70 bits per heavy atom. The summed E-state index contributed by atoms with van der Waals surface area (Å²) in [6.45, 7) is 3.12. The lowest BCUT2D eigenvalue weighted by Gasteiger charge is -2.27. The molecule has 0 spiro atoms. The fraction of sp³-hybridized carbons (Fsp3) is 0.333. The summed E-state index contributed by atoms with van der Waals surface area (Å²) in [6.07, 6.45) is 0.0364. The zero-order valence-electron chi connectivity index (χ0n) is 24.5. The van der Waals surface area contributed by atoms with Crippen molar-refractivity contribution in [3.63, 3.8) is 0 Å². The largest absolute Gasteiger partial charge is 0.467 e. The molecule has 0 aliphatic carbocycles. The standard InChI is InChI=1S/C33H33ClFN3O6/c1-20-8-3-4-9-23(20)30(39)36-22-12-13-24(26(34)19-22)31(40)38-17-7-10-28(25-18-21(35)11-14-27(25)38)44-29(33(42)43-2)32(41)37-15-5-6-16-37/h3-4,8-9,11-14,18-19,28-29H,5-7,10,15-17H2,1-2H3,(H,36,39). The molecule has 3 aromatic carbocycles. The summed E-state index contributed by atoms with van der Waals surface area (Å²) in [5.74, 6) is -2.62. The van der Waals surface area contributed by atoms with E-state index in [0.717, 1.165) is 18.4 Å². The minimum absolute atomic E-state index is 0.125. The number of amides is 3. The van der Waals surface area contributed by atoms with E-state index in [0.29, 0.717) is 48.4 Å². The first-order valence-corrected chi connectivity index (χ1v) is 14.9. The maximum absolute atomic E-state index is 14.6. The first-order chi connectivity index (χ1) is 21.2. The maximum atomic E-state index is 14.6. The number of benzene rings is 3. The molecule has 9 nitrogen and oxygen atoms in total. The van der Waals surface area contributed by atoms with Crippen molar-refractivity contribution < 1.29 is 33.0 Å². The molecular formula is C33H33ClFN3O6. The number of esters is 1. The number of rotatable bonds is 7. The Kier molecular flexibility index (Phi) is 9.61. The Morgan fingerprint density at radius 1 is 0.955 bits per heavy atom. The molecule has 2 atom stereocenters. The quantitative estimate of drug-likeness (QED) is 0.268. The molecule has 2 heterocycles. The number of carbonyl (C=O) groups excluding carboxylic acids is 4. The molecule has 2 unspecified atom stereocenters. The number of nitrogens with one attached hydrogen (secondary N) is 1. The van der Waals surface area contributed by atoms with Gasteiger partial charge >= 0.3 is 5.97 Å². The van der Waals surface area contributed by atoms with Gasteiger partial charge in [-0.3, -0.25) is 14.4 Å². The third-order valence-corrected chi connectivity index (χ3v) is 8.24. The second kappa shape index (κ2) is 13.6. The summed E-state index contributed by atoms with van der Waals surface area (Å²) in [7, 11) is 1.18. The summed E-state index contributed by atoms with van der Waals surface area (Å²) in [4.78, 5) is 55.6. The number of ether oxygens (including phenoxy) is 2. The Bertz CT molecular complexity index is 1590. The number of anilines is 2. The fourth-order valence-corrected chi connectivity index (χ4v) is 5.88. The molecular weight excluding hydrogens is 589 g/mol. The van der Waals surface area contributed by atoms with Crippen LogP contribution in [-0.4, -0.2) is 61.4 Å².